The van der Waals surface area contributed by atoms with E-state index in [1.54, 1.807) is 18.3 Å². The predicted octanol–water partition coefficient (Wildman–Crippen LogP) is 2.66. The maximum atomic E-state index is 12.2. The largest absolute Gasteiger partial charge is 0.369 e. The number of carbonyl (C=O) groups is 1. The molecule has 2 N–H and O–H groups in total. The zero-order chi connectivity index (χ0) is 21.7. The summed E-state index contributed by atoms with van der Waals surface area (Å²) in [7, 11) is -0.478. The van der Waals surface area contributed by atoms with Gasteiger partial charge in [-0.05, 0) is 53.0 Å². The Balaban J connectivity index is 1.58. The molecule has 2 aromatic rings. The Labute approximate surface area is 185 Å². The van der Waals surface area contributed by atoms with Crippen LogP contribution in [0.25, 0.3) is 0 Å². The number of nitrogens with zero attached hydrogens (tertiary/aromatic N) is 4. The van der Waals surface area contributed by atoms with Crippen LogP contribution in [0.3, 0.4) is 0 Å². The van der Waals surface area contributed by atoms with E-state index in [-0.39, 0.29) is 10.8 Å². The second kappa shape index (κ2) is 9.71. The Hall–Kier alpha value is -2.24. The van der Waals surface area contributed by atoms with Crippen LogP contribution in [0.2, 0.25) is 0 Å². The molecule has 0 radical (unpaired) electrons. The molecule has 1 amide bonds. The van der Waals surface area contributed by atoms with E-state index < -0.39 is 10.0 Å². The number of hydrogen-bond donors (Lipinski definition) is 2. The fourth-order valence-electron chi connectivity index (χ4n) is 3.02. The lowest BCUT2D eigenvalue weighted by molar-refractivity contribution is -0.127. The molecule has 1 fully saturated rings. The average molecular weight is 497 g/mol. The lowest BCUT2D eigenvalue weighted by Crippen LogP contribution is -2.27. The average Bonchev–Trinajstić information content (AvgIpc) is 3.12. The van der Waals surface area contributed by atoms with Gasteiger partial charge in [0.05, 0.1) is 9.37 Å². The van der Waals surface area contributed by atoms with Crippen molar-refractivity contribution in [2.75, 3.05) is 44.4 Å². The van der Waals surface area contributed by atoms with Crippen molar-refractivity contribution >= 4 is 49.3 Å². The van der Waals surface area contributed by atoms with Crippen molar-refractivity contribution in [3.63, 3.8) is 0 Å². The SMILES string of the molecule is CN(C)S(=O)(=O)c1ccc(Nc2ncc(Br)c(NCCCN3CCCC3=O)n2)cc1. The number of amides is 1. The Morgan fingerprint density at radius 1 is 1.23 bits per heavy atom. The van der Waals surface area contributed by atoms with Crippen molar-refractivity contribution in [2.24, 2.45) is 0 Å². The van der Waals surface area contributed by atoms with E-state index in [1.165, 1.54) is 30.5 Å². The number of carbonyl (C=O) groups excluding carboxylic acids is 1. The molecule has 2 heterocycles. The first-order valence-electron chi connectivity index (χ1n) is 9.61. The molecule has 1 aliphatic rings. The highest BCUT2D eigenvalue weighted by Crippen LogP contribution is 2.23. The van der Waals surface area contributed by atoms with Gasteiger partial charge in [0.2, 0.25) is 21.9 Å². The predicted molar refractivity (Wildman–Crippen MR) is 119 cm³/mol. The summed E-state index contributed by atoms with van der Waals surface area (Å²) < 4.78 is 26.2. The molecule has 162 valence electrons. The maximum Gasteiger partial charge on any atom is 0.242 e. The van der Waals surface area contributed by atoms with E-state index in [0.717, 1.165) is 30.4 Å². The first-order valence-corrected chi connectivity index (χ1v) is 11.8. The molecule has 3 rings (SSSR count). The van der Waals surface area contributed by atoms with Gasteiger partial charge in [-0.2, -0.15) is 4.98 Å². The third-order valence-corrected chi connectivity index (χ3v) is 7.11. The number of anilines is 3. The fraction of sp³-hybridized carbons (Fsp3) is 0.421. The molecule has 1 aromatic carbocycles. The summed E-state index contributed by atoms with van der Waals surface area (Å²) in [5.74, 6) is 1.26. The number of benzene rings is 1. The maximum absolute atomic E-state index is 12.2. The van der Waals surface area contributed by atoms with E-state index >= 15 is 0 Å². The minimum Gasteiger partial charge on any atom is -0.369 e. The quantitative estimate of drug-likeness (QED) is 0.513. The summed E-state index contributed by atoms with van der Waals surface area (Å²) in [6, 6.07) is 6.41. The van der Waals surface area contributed by atoms with Gasteiger partial charge in [0.1, 0.15) is 5.82 Å². The molecule has 1 saturated heterocycles. The molecular weight excluding hydrogens is 472 g/mol. The van der Waals surface area contributed by atoms with E-state index in [4.69, 9.17) is 0 Å². The molecule has 30 heavy (non-hydrogen) atoms. The number of aromatic nitrogens is 2. The summed E-state index contributed by atoms with van der Waals surface area (Å²) in [5, 5.41) is 6.33. The van der Waals surface area contributed by atoms with Crippen LogP contribution < -0.4 is 10.6 Å². The van der Waals surface area contributed by atoms with E-state index in [0.29, 0.717) is 30.4 Å². The highest BCUT2D eigenvalue weighted by atomic mass is 79.9. The smallest absolute Gasteiger partial charge is 0.242 e. The second-order valence-electron chi connectivity index (χ2n) is 7.09. The normalized spacial score (nSPS) is 14.4. The number of hydrogen-bond acceptors (Lipinski definition) is 7. The molecule has 0 bridgehead atoms. The Morgan fingerprint density at radius 2 is 1.97 bits per heavy atom. The molecule has 0 spiro atoms. The molecular formula is C19H25BrN6O3S. The lowest BCUT2D eigenvalue weighted by atomic mass is 10.3. The van der Waals surface area contributed by atoms with Gasteiger partial charge < -0.3 is 15.5 Å². The number of rotatable bonds is 9. The third-order valence-electron chi connectivity index (χ3n) is 4.70. The van der Waals surface area contributed by atoms with Gasteiger partial charge in [0.25, 0.3) is 0 Å². The summed E-state index contributed by atoms with van der Waals surface area (Å²) >= 11 is 3.44. The molecule has 0 saturated carbocycles. The standard InChI is InChI=1S/C19H25BrN6O3S/c1-25(2)30(28,29)15-8-6-14(7-9-15)23-19-22-13-16(20)18(24-19)21-10-4-12-26-11-3-5-17(26)27/h6-9,13H,3-5,10-12H2,1-2H3,(H2,21,22,23,24). The molecule has 11 heteroatoms. The number of halogens is 1. The van der Waals surface area contributed by atoms with Gasteiger partial charge in [-0.1, -0.05) is 0 Å². The van der Waals surface area contributed by atoms with Crippen molar-refractivity contribution in [3.05, 3.63) is 34.9 Å². The van der Waals surface area contributed by atoms with Gasteiger partial charge >= 0.3 is 0 Å². The van der Waals surface area contributed by atoms with Crippen LogP contribution >= 0.6 is 15.9 Å². The highest BCUT2D eigenvalue weighted by Gasteiger charge is 2.19. The summed E-state index contributed by atoms with van der Waals surface area (Å²) in [6.07, 6.45) is 4.07. The number of sulfonamides is 1. The number of likely N-dealkylation sites (tertiary alicyclic amines) is 1. The van der Waals surface area contributed by atoms with Crippen molar-refractivity contribution in [2.45, 2.75) is 24.2 Å². The van der Waals surface area contributed by atoms with Crippen LogP contribution in [-0.4, -0.2) is 67.2 Å². The lowest BCUT2D eigenvalue weighted by Gasteiger charge is -2.16. The third kappa shape index (κ3) is 5.46. The zero-order valence-electron chi connectivity index (χ0n) is 16.9. The minimum atomic E-state index is -3.47. The van der Waals surface area contributed by atoms with E-state index in [1.807, 2.05) is 4.90 Å². The topological polar surface area (TPSA) is 108 Å². The van der Waals surface area contributed by atoms with Crippen LogP contribution in [-0.2, 0) is 14.8 Å². The molecule has 9 nitrogen and oxygen atoms in total. The van der Waals surface area contributed by atoms with Crippen LogP contribution in [0, 0.1) is 0 Å². The van der Waals surface area contributed by atoms with Crippen molar-refractivity contribution < 1.29 is 13.2 Å². The molecule has 1 aliphatic heterocycles. The Morgan fingerprint density at radius 3 is 2.60 bits per heavy atom. The van der Waals surface area contributed by atoms with Crippen LogP contribution in [0.5, 0.6) is 0 Å². The van der Waals surface area contributed by atoms with Gasteiger partial charge in [-0.15, -0.1) is 0 Å². The summed E-state index contributed by atoms with van der Waals surface area (Å²) in [6.45, 7) is 2.26. The van der Waals surface area contributed by atoms with Crippen molar-refractivity contribution in [1.29, 1.82) is 0 Å². The highest BCUT2D eigenvalue weighted by molar-refractivity contribution is 9.10. The van der Waals surface area contributed by atoms with Gasteiger partial charge in [0.15, 0.2) is 0 Å². The van der Waals surface area contributed by atoms with E-state index in [2.05, 4.69) is 36.5 Å². The Bertz CT molecular complexity index is 998. The molecule has 1 aromatic heterocycles. The first kappa shape index (κ1) is 22.4. The van der Waals surface area contributed by atoms with Gasteiger partial charge in [-0.25, -0.2) is 17.7 Å². The van der Waals surface area contributed by atoms with Crippen LogP contribution in [0.1, 0.15) is 19.3 Å². The summed E-state index contributed by atoms with van der Waals surface area (Å²) in [5.41, 5.74) is 0.675. The second-order valence-corrected chi connectivity index (χ2v) is 10.1. The van der Waals surface area contributed by atoms with E-state index in [9.17, 15) is 13.2 Å². The van der Waals surface area contributed by atoms with Gasteiger partial charge in [-0.3, -0.25) is 4.79 Å². The number of nitrogens with one attached hydrogen (secondary N) is 2. The van der Waals surface area contributed by atoms with Gasteiger partial charge in [0, 0.05) is 52.0 Å². The summed E-state index contributed by atoms with van der Waals surface area (Å²) in [4.78, 5) is 22.5. The van der Waals surface area contributed by atoms with Crippen molar-refractivity contribution in [1.82, 2.24) is 19.2 Å². The minimum absolute atomic E-state index is 0.216. The van der Waals surface area contributed by atoms with Crippen molar-refractivity contribution in [3.8, 4) is 0 Å². The van der Waals surface area contributed by atoms with Crippen LogP contribution in [0.4, 0.5) is 17.5 Å². The fourth-order valence-corrected chi connectivity index (χ4v) is 4.25. The zero-order valence-corrected chi connectivity index (χ0v) is 19.3. The first-order chi connectivity index (χ1) is 14.3. The van der Waals surface area contributed by atoms with Crippen LogP contribution in [0.15, 0.2) is 39.8 Å². The Kier molecular flexibility index (Phi) is 7.27. The molecule has 0 atom stereocenters. The molecule has 0 unspecified atom stereocenters. The monoisotopic (exact) mass is 496 g/mol. The molecule has 0 aliphatic carbocycles.